The molecule has 0 aromatic carbocycles. The normalized spacial score (nSPS) is 34.4. The van der Waals surface area contributed by atoms with Crippen molar-refractivity contribution in [1.29, 1.82) is 0 Å². The zero-order chi connectivity index (χ0) is 12.1. The van der Waals surface area contributed by atoms with Gasteiger partial charge in [-0.25, -0.2) is 0 Å². The Morgan fingerprint density at radius 2 is 1.76 bits per heavy atom. The number of nitrogens with one attached hydrogen (secondary N) is 1. The molecule has 2 fully saturated rings. The number of rotatable bonds is 5. The molecule has 0 radical (unpaired) electrons. The molecule has 2 aliphatic rings. The topological polar surface area (TPSA) is 15.3 Å². The van der Waals surface area contributed by atoms with Crippen LogP contribution in [0.1, 0.15) is 58.8 Å². The standard InChI is InChI=1S/C15H30N2/c1-3-5-13-6-8-14(9-7-13)17(4-2)15-10-11-16-12-15/h13-16H,3-12H2,1-2H3. The molecule has 1 unspecified atom stereocenters. The largest absolute Gasteiger partial charge is 0.315 e. The molecule has 1 saturated heterocycles. The van der Waals surface area contributed by atoms with Crippen molar-refractivity contribution >= 4 is 0 Å². The molecule has 100 valence electrons. The average Bonchev–Trinajstić information content (AvgIpc) is 2.86. The smallest absolute Gasteiger partial charge is 0.0235 e. The summed E-state index contributed by atoms with van der Waals surface area (Å²) < 4.78 is 0. The van der Waals surface area contributed by atoms with Gasteiger partial charge in [-0.3, -0.25) is 4.90 Å². The maximum Gasteiger partial charge on any atom is 0.0235 e. The van der Waals surface area contributed by atoms with Gasteiger partial charge < -0.3 is 5.32 Å². The number of hydrogen-bond donors (Lipinski definition) is 1. The minimum absolute atomic E-state index is 0.827. The highest BCUT2D eigenvalue weighted by atomic mass is 15.2. The summed E-state index contributed by atoms with van der Waals surface area (Å²) in [5.74, 6) is 1.04. The maximum atomic E-state index is 3.51. The summed E-state index contributed by atoms with van der Waals surface area (Å²) >= 11 is 0. The molecule has 1 N–H and O–H groups in total. The molecule has 0 aromatic heterocycles. The highest BCUT2D eigenvalue weighted by molar-refractivity contribution is 4.87. The fraction of sp³-hybridized carbons (Fsp3) is 1.00. The van der Waals surface area contributed by atoms with Crippen LogP contribution in [0.3, 0.4) is 0 Å². The van der Waals surface area contributed by atoms with Crippen molar-refractivity contribution in [2.45, 2.75) is 70.9 Å². The van der Waals surface area contributed by atoms with Crippen LogP contribution >= 0.6 is 0 Å². The van der Waals surface area contributed by atoms with Gasteiger partial charge in [-0.1, -0.05) is 26.7 Å². The van der Waals surface area contributed by atoms with Gasteiger partial charge in [0.1, 0.15) is 0 Å². The lowest BCUT2D eigenvalue weighted by atomic mass is 9.82. The van der Waals surface area contributed by atoms with Crippen molar-refractivity contribution < 1.29 is 0 Å². The Kier molecular flexibility index (Phi) is 5.30. The van der Waals surface area contributed by atoms with Gasteiger partial charge in [0.2, 0.25) is 0 Å². The van der Waals surface area contributed by atoms with E-state index in [2.05, 4.69) is 24.1 Å². The zero-order valence-corrected chi connectivity index (χ0v) is 11.8. The predicted octanol–water partition coefficient (Wildman–Crippen LogP) is 3.03. The molecular weight excluding hydrogens is 208 g/mol. The SMILES string of the molecule is CCCC1CCC(N(CC)C2CCNC2)CC1. The molecule has 2 rings (SSSR count). The average molecular weight is 238 g/mol. The molecule has 1 aliphatic carbocycles. The maximum absolute atomic E-state index is 3.51. The molecule has 2 nitrogen and oxygen atoms in total. The monoisotopic (exact) mass is 238 g/mol. The lowest BCUT2D eigenvalue weighted by Crippen LogP contribution is -2.45. The van der Waals surface area contributed by atoms with E-state index in [1.807, 2.05) is 0 Å². The van der Waals surface area contributed by atoms with Crippen molar-refractivity contribution in [1.82, 2.24) is 10.2 Å². The molecule has 1 atom stereocenters. The third kappa shape index (κ3) is 3.45. The van der Waals surface area contributed by atoms with Gasteiger partial charge in [-0.2, -0.15) is 0 Å². The first-order valence-electron chi connectivity index (χ1n) is 7.81. The van der Waals surface area contributed by atoms with Crippen molar-refractivity contribution in [2.75, 3.05) is 19.6 Å². The first kappa shape index (κ1) is 13.4. The van der Waals surface area contributed by atoms with Gasteiger partial charge in [0.05, 0.1) is 0 Å². The second kappa shape index (κ2) is 6.75. The van der Waals surface area contributed by atoms with E-state index in [-0.39, 0.29) is 0 Å². The van der Waals surface area contributed by atoms with E-state index in [4.69, 9.17) is 0 Å². The predicted molar refractivity (Wildman–Crippen MR) is 74.3 cm³/mol. The first-order chi connectivity index (χ1) is 8.35. The van der Waals surface area contributed by atoms with E-state index in [0.29, 0.717) is 0 Å². The number of hydrogen-bond acceptors (Lipinski definition) is 2. The Morgan fingerprint density at radius 1 is 1.00 bits per heavy atom. The molecule has 0 amide bonds. The van der Waals surface area contributed by atoms with Crippen LogP contribution in [0.15, 0.2) is 0 Å². The minimum atomic E-state index is 0.827. The molecule has 1 heterocycles. The Morgan fingerprint density at radius 3 is 2.29 bits per heavy atom. The summed E-state index contributed by atoms with van der Waals surface area (Å²) in [5, 5.41) is 3.51. The van der Waals surface area contributed by atoms with Gasteiger partial charge in [-0.15, -0.1) is 0 Å². The third-order valence-electron chi connectivity index (χ3n) is 4.85. The zero-order valence-electron chi connectivity index (χ0n) is 11.8. The molecular formula is C15H30N2. The molecule has 1 saturated carbocycles. The van der Waals surface area contributed by atoms with E-state index in [1.165, 1.54) is 64.6 Å². The number of nitrogens with zero attached hydrogens (tertiary/aromatic N) is 1. The van der Waals surface area contributed by atoms with Crippen LogP contribution in [0.4, 0.5) is 0 Å². The lowest BCUT2D eigenvalue weighted by molar-refractivity contribution is 0.102. The van der Waals surface area contributed by atoms with Crippen LogP contribution in [0.25, 0.3) is 0 Å². The van der Waals surface area contributed by atoms with Crippen LogP contribution in [-0.4, -0.2) is 36.6 Å². The van der Waals surface area contributed by atoms with E-state index in [0.717, 1.165) is 18.0 Å². The number of likely N-dealkylation sites (N-methyl/N-ethyl adjacent to an activating group) is 1. The van der Waals surface area contributed by atoms with Gasteiger partial charge in [0.25, 0.3) is 0 Å². The summed E-state index contributed by atoms with van der Waals surface area (Å²) in [5.41, 5.74) is 0. The summed E-state index contributed by atoms with van der Waals surface area (Å²) in [6, 6.07) is 1.71. The van der Waals surface area contributed by atoms with Crippen LogP contribution in [0.2, 0.25) is 0 Å². The van der Waals surface area contributed by atoms with E-state index < -0.39 is 0 Å². The second-order valence-electron chi connectivity index (χ2n) is 5.94. The molecule has 2 heteroatoms. The van der Waals surface area contributed by atoms with Gasteiger partial charge >= 0.3 is 0 Å². The third-order valence-corrected chi connectivity index (χ3v) is 4.85. The Hall–Kier alpha value is -0.0800. The van der Waals surface area contributed by atoms with Crippen molar-refractivity contribution in [3.05, 3.63) is 0 Å². The Bertz CT molecular complexity index is 203. The van der Waals surface area contributed by atoms with Gasteiger partial charge in [0, 0.05) is 18.6 Å². The fourth-order valence-corrected chi connectivity index (χ4v) is 3.91. The lowest BCUT2D eigenvalue weighted by Gasteiger charge is -2.39. The summed E-state index contributed by atoms with van der Waals surface area (Å²) in [7, 11) is 0. The second-order valence-corrected chi connectivity index (χ2v) is 5.94. The van der Waals surface area contributed by atoms with Crippen molar-refractivity contribution in [2.24, 2.45) is 5.92 Å². The van der Waals surface area contributed by atoms with Crippen molar-refractivity contribution in [3.63, 3.8) is 0 Å². The van der Waals surface area contributed by atoms with E-state index >= 15 is 0 Å². The van der Waals surface area contributed by atoms with Crippen LogP contribution < -0.4 is 5.32 Å². The quantitative estimate of drug-likeness (QED) is 0.792. The molecule has 0 bridgehead atoms. The van der Waals surface area contributed by atoms with Crippen LogP contribution in [-0.2, 0) is 0 Å². The highest BCUT2D eigenvalue weighted by Gasteiger charge is 2.30. The molecule has 17 heavy (non-hydrogen) atoms. The minimum Gasteiger partial charge on any atom is -0.315 e. The van der Waals surface area contributed by atoms with Gasteiger partial charge in [0.15, 0.2) is 0 Å². The summed E-state index contributed by atoms with van der Waals surface area (Å²) in [4.78, 5) is 2.79. The van der Waals surface area contributed by atoms with Crippen LogP contribution in [0.5, 0.6) is 0 Å². The Balaban J connectivity index is 1.81. The highest BCUT2D eigenvalue weighted by Crippen LogP contribution is 2.31. The van der Waals surface area contributed by atoms with Crippen molar-refractivity contribution in [3.8, 4) is 0 Å². The van der Waals surface area contributed by atoms with E-state index in [1.54, 1.807) is 0 Å². The molecule has 1 aliphatic heterocycles. The van der Waals surface area contributed by atoms with Gasteiger partial charge in [-0.05, 0) is 51.1 Å². The molecule has 0 spiro atoms. The van der Waals surface area contributed by atoms with Crippen LogP contribution in [0, 0.1) is 5.92 Å². The Labute approximate surface area is 107 Å². The van der Waals surface area contributed by atoms with E-state index in [9.17, 15) is 0 Å². The molecule has 0 aromatic rings. The summed E-state index contributed by atoms with van der Waals surface area (Å²) in [6.07, 6.45) is 10.1. The fourth-order valence-electron chi connectivity index (χ4n) is 3.91. The summed E-state index contributed by atoms with van der Waals surface area (Å²) in [6.45, 7) is 8.37. The first-order valence-corrected chi connectivity index (χ1v) is 7.81.